The van der Waals surface area contributed by atoms with E-state index in [1.807, 2.05) is 18.2 Å². The van der Waals surface area contributed by atoms with Crippen molar-refractivity contribution in [1.82, 2.24) is 0 Å². The molecule has 4 heterocycles. The van der Waals surface area contributed by atoms with Gasteiger partial charge in [-0.05, 0) is 116 Å². The minimum absolute atomic E-state index is 0.128. The number of hydrogen-bond acceptors (Lipinski definition) is 4. The maximum absolute atomic E-state index is 7.04. The topological polar surface area (TPSA) is 47.9 Å². The van der Waals surface area contributed by atoms with E-state index in [0.29, 0.717) is 6.61 Å². The highest BCUT2D eigenvalue weighted by molar-refractivity contribution is 6.28. The minimum Gasteiger partial charge on any atom is -0.488 e. The summed E-state index contributed by atoms with van der Waals surface area (Å²) in [5.41, 5.74) is 17.2. The van der Waals surface area contributed by atoms with Crippen molar-refractivity contribution in [2.24, 2.45) is 10.9 Å². The van der Waals surface area contributed by atoms with E-state index in [4.69, 9.17) is 18.6 Å². The van der Waals surface area contributed by atoms with Crippen molar-refractivity contribution in [3.05, 3.63) is 216 Å². The van der Waals surface area contributed by atoms with Crippen LogP contribution in [0.4, 0.5) is 0 Å². The van der Waals surface area contributed by atoms with Crippen LogP contribution in [0.2, 0.25) is 0 Å². The molecule has 2 atom stereocenters. The van der Waals surface area contributed by atoms with E-state index < -0.39 is 0 Å². The third kappa shape index (κ3) is 5.94. The number of para-hydroxylation sites is 2. The smallest absolute Gasteiger partial charge is 0.145 e. The number of rotatable bonds is 5. The van der Waals surface area contributed by atoms with Gasteiger partial charge in [0.25, 0.3) is 0 Å². The first-order valence-corrected chi connectivity index (χ1v) is 22.2. The van der Waals surface area contributed by atoms with Gasteiger partial charge in [-0.15, -0.1) is 0 Å². The van der Waals surface area contributed by atoms with Crippen LogP contribution in [0.5, 0.6) is 5.75 Å². The van der Waals surface area contributed by atoms with Gasteiger partial charge in [0, 0.05) is 38.2 Å². The van der Waals surface area contributed by atoms with Crippen LogP contribution >= 0.6 is 0 Å². The van der Waals surface area contributed by atoms with Crippen LogP contribution in [0.15, 0.2) is 208 Å². The first-order valence-electron chi connectivity index (χ1n) is 22.2. The molecule has 2 unspecified atom stereocenters. The fourth-order valence-electron chi connectivity index (χ4n) is 10.4. The van der Waals surface area contributed by atoms with Crippen LogP contribution < -0.4 is 4.74 Å². The Morgan fingerprint density at radius 2 is 1.17 bits per heavy atom. The van der Waals surface area contributed by atoms with Gasteiger partial charge in [0.1, 0.15) is 34.7 Å². The number of ether oxygens (including phenoxy) is 1. The Kier molecular flexibility index (Phi) is 8.35. The second-order valence-corrected chi connectivity index (χ2v) is 17.3. The summed E-state index contributed by atoms with van der Waals surface area (Å²) in [6.45, 7) is 2.86. The van der Waals surface area contributed by atoms with Crippen LogP contribution in [0.25, 0.3) is 93.6 Å². The number of hydrogen-bond donors (Lipinski definition) is 0. The Balaban J connectivity index is 1.01. The fourth-order valence-corrected chi connectivity index (χ4v) is 10.4. The van der Waals surface area contributed by atoms with E-state index in [1.165, 1.54) is 39.0 Å². The lowest BCUT2D eigenvalue weighted by Crippen LogP contribution is -2.12. The van der Waals surface area contributed by atoms with E-state index in [-0.39, 0.29) is 12.0 Å². The lowest BCUT2D eigenvalue weighted by molar-refractivity contribution is 0.300. The summed E-state index contributed by atoms with van der Waals surface area (Å²) in [6.07, 6.45) is 3.18. The molecule has 0 bridgehead atoms. The maximum atomic E-state index is 7.04. The molecule has 13 rings (SSSR count). The molecular weight excluding hydrogens is 783 g/mol. The van der Waals surface area contributed by atoms with Gasteiger partial charge < -0.3 is 13.6 Å². The molecule has 0 aliphatic carbocycles. The van der Waals surface area contributed by atoms with Gasteiger partial charge in [-0.3, -0.25) is 4.99 Å². The Hall–Kier alpha value is -7.95. The van der Waals surface area contributed by atoms with E-state index >= 15 is 0 Å². The molecule has 11 aromatic rings. The van der Waals surface area contributed by atoms with E-state index in [9.17, 15) is 0 Å². The second kappa shape index (κ2) is 14.6. The zero-order chi connectivity index (χ0) is 42.3. The number of fused-ring (bicyclic) bond motifs is 11. The monoisotopic (exact) mass is 823 g/mol. The molecule has 304 valence electrons. The number of nitrogens with zero attached hydrogens (tertiary/aromatic N) is 1. The zero-order valence-corrected chi connectivity index (χ0v) is 35.2. The Morgan fingerprint density at radius 3 is 2.08 bits per heavy atom. The van der Waals surface area contributed by atoms with Crippen molar-refractivity contribution in [2.45, 2.75) is 26.0 Å². The second-order valence-electron chi connectivity index (χ2n) is 17.3. The van der Waals surface area contributed by atoms with E-state index in [2.05, 4.69) is 183 Å². The predicted molar refractivity (Wildman–Crippen MR) is 263 cm³/mol. The normalized spacial score (nSPS) is 16.1. The van der Waals surface area contributed by atoms with E-state index in [1.54, 1.807) is 0 Å². The molecule has 0 amide bonds. The zero-order valence-electron chi connectivity index (χ0n) is 35.2. The largest absolute Gasteiger partial charge is 0.488 e. The van der Waals surface area contributed by atoms with Gasteiger partial charge in [-0.2, -0.15) is 0 Å². The number of aliphatic imine (C=N–C) groups is 1. The molecule has 2 aliphatic heterocycles. The Labute approximate surface area is 370 Å². The molecule has 2 aromatic heterocycles. The molecule has 0 N–H and O–H groups in total. The third-order valence-corrected chi connectivity index (χ3v) is 13.6. The molecule has 0 saturated carbocycles. The summed E-state index contributed by atoms with van der Waals surface area (Å²) in [5.74, 6) is 1.12. The van der Waals surface area contributed by atoms with Crippen LogP contribution in [0, 0.1) is 5.92 Å². The van der Waals surface area contributed by atoms with Crippen molar-refractivity contribution in [2.75, 3.05) is 0 Å². The summed E-state index contributed by atoms with van der Waals surface area (Å²) in [6, 6.07) is 66.8. The SMILES string of the molecule is CC1CC(c2cccc3c2COc2ccccc2-3)N=C(c2cc3ccccc3c3c2oc2ccc(-c4ccc5c(c4)oc4ccccc45)cc23)C=C1c1ccc(-c2ccccc2)cc1. The summed E-state index contributed by atoms with van der Waals surface area (Å²) in [5, 5.41) is 6.71. The first-order chi connectivity index (χ1) is 31.6. The molecule has 0 radical (unpaired) electrons. The van der Waals surface area contributed by atoms with Gasteiger partial charge in [-0.1, -0.05) is 153 Å². The highest BCUT2D eigenvalue weighted by Crippen LogP contribution is 2.46. The summed E-state index contributed by atoms with van der Waals surface area (Å²) < 4.78 is 19.8. The number of furan rings is 2. The number of benzene rings is 9. The van der Waals surface area contributed by atoms with Gasteiger partial charge in [0.2, 0.25) is 0 Å². The van der Waals surface area contributed by atoms with Crippen LogP contribution in [-0.2, 0) is 6.61 Å². The summed E-state index contributed by atoms with van der Waals surface area (Å²) in [4.78, 5) is 5.82. The average Bonchev–Trinajstić information content (AvgIpc) is 3.87. The first kappa shape index (κ1) is 36.7. The van der Waals surface area contributed by atoms with Crippen molar-refractivity contribution in [3.8, 4) is 39.1 Å². The quantitative estimate of drug-likeness (QED) is 0.174. The molecule has 0 fully saturated rings. The van der Waals surface area contributed by atoms with Gasteiger partial charge in [0.05, 0.1) is 11.8 Å². The molecule has 4 nitrogen and oxygen atoms in total. The molecule has 4 heteroatoms. The van der Waals surface area contributed by atoms with Crippen molar-refractivity contribution in [1.29, 1.82) is 0 Å². The van der Waals surface area contributed by atoms with Gasteiger partial charge >= 0.3 is 0 Å². The molecule has 0 spiro atoms. The molecule has 0 saturated heterocycles. The maximum Gasteiger partial charge on any atom is 0.145 e. The minimum atomic E-state index is -0.128. The highest BCUT2D eigenvalue weighted by Gasteiger charge is 2.29. The molecule has 2 aliphatic rings. The van der Waals surface area contributed by atoms with Crippen molar-refractivity contribution >= 4 is 65.9 Å². The highest BCUT2D eigenvalue weighted by atomic mass is 16.5. The van der Waals surface area contributed by atoms with Gasteiger partial charge in [-0.25, -0.2) is 0 Å². The van der Waals surface area contributed by atoms with Gasteiger partial charge in [0.15, 0.2) is 0 Å². The lowest BCUT2D eigenvalue weighted by atomic mass is 9.84. The van der Waals surface area contributed by atoms with Crippen molar-refractivity contribution < 1.29 is 13.6 Å². The predicted octanol–water partition coefficient (Wildman–Crippen LogP) is 16.2. The lowest BCUT2D eigenvalue weighted by Gasteiger charge is -2.26. The number of allylic oxidation sites excluding steroid dienone is 2. The van der Waals surface area contributed by atoms with Crippen LogP contribution in [0.1, 0.15) is 41.6 Å². The molecular formula is C60H41NO3. The van der Waals surface area contributed by atoms with Crippen LogP contribution in [0.3, 0.4) is 0 Å². The Bertz CT molecular complexity index is 3720. The standard InChI is InChI=1S/C60H41NO3/c1-36-30-53(45-19-11-18-44-46-16-7-9-20-55(46)62-35-52(44)45)61-54(34-49(36)39-24-22-38(23-25-39)37-12-3-2-4-13-37)50-32-42-14-5-6-15-43(42)59-51-31-40(27-29-57(51)64-60(50)59)41-26-28-48-47-17-8-10-21-56(47)63-58(48)33-41/h2-29,31-34,36,53H,30,35H2,1H3. The van der Waals surface area contributed by atoms with E-state index in [0.717, 1.165) is 94.8 Å². The summed E-state index contributed by atoms with van der Waals surface area (Å²) in [7, 11) is 0. The molecule has 9 aromatic carbocycles. The van der Waals surface area contributed by atoms with Crippen LogP contribution in [-0.4, -0.2) is 5.71 Å². The fraction of sp³-hybridized carbons (Fsp3) is 0.0833. The van der Waals surface area contributed by atoms with Crippen molar-refractivity contribution in [3.63, 3.8) is 0 Å². The third-order valence-electron chi connectivity index (χ3n) is 13.6. The summed E-state index contributed by atoms with van der Waals surface area (Å²) >= 11 is 0. The average molecular weight is 824 g/mol. The molecule has 64 heavy (non-hydrogen) atoms. The Morgan fingerprint density at radius 1 is 0.484 bits per heavy atom.